The van der Waals surface area contributed by atoms with Gasteiger partial charge in [0.15, 0.2) is 0 Å². The zero-order chi connectivity index (χ0) is 7.82. The van der Waals surface area contributed by atoms with Gasteiger partial charge in [-0.3, -0.25) is 0 Å². The van der Waals surface area contributed by atoms with Crippen molar-refractivity contribution in [2.24, 2.45) is 5.92 Å². The Balaban J connectivity index is 2.89. The van der Waals surface area contributed by atoms with Crippen LogP contribution in [-0.2, 0) is 0 Å². The second-order valence-corrected chi connectivity index (χ2v) is 3.06. The molecule has 0 rings (SSSR count). The molecule has 1 unspecified atom stereocenters. The maximum atomic E-state index is 5.52. The number of unbranched alkanes of at least 4 members (excludes halogenated alkanes) is 2. The van der Waals surface area contributed by atoms with Gasteiger partial charge in [0, 0.05) is 5.88 Å². The Kier molecular flexibility index (Phi) is 7.61. The minimum atomic E-state index is 0.676. The van der Waals surface area contributed by atoms with E-state index in [-0.39, 0.29) is 0 Å². The third-order valence-electron chi connectivity index (χ3n) is 1.61. The zero-order valence-electron chi connectivity index (χ0n) is 6.78. The molecule has 0 saturated heterocycles. The van der Waals surface area contributed by atoms with E-state index < -0.39 is 0 Å². The van der Waals surface area contributed by atoms with E-state index in [0.29, 0.717) is 5.92 Å². The van der Waals surface area contributed by atoms with Crippen molar-refractivity contribution >= 4 is 11.6 Å². The molecule has 0 aromatic rings. The molecule has 0 fully saturated rings. The van der Waals surface area contributed by atoms with Gasteiger partial charge in [0.2, 0.25) is 0 Å². The molecule has 0 N–H and O–H groups in total. The van der Waals surface area contributed by atoms with Gasteiger partial charge in [0.05, 0.1) is 0 Å². The highest BCUT2D eigenvalue weighted by Gasteiger charge is 1.97. The van der Waals surface area contributed by atoms with Crippen molar-refractivity contribution in [2.45, 2.75) is 32.6 Å². The highest BCUT2D eigenvalue weighted by atomic mass is 35.5. The molecule has 0 saturated carbocycles. The third kappa shape index (κ3) is 6.41. The van der Waals surface area contributed by atoms with Crippen LogP contribution >= 0.6 is 11.6 Å². The number of halogens is 1. The van der Waals surface area contributed by atoms with Crippen LogP contribution in [0.4, 0.5) is 0 Å². The summed E-state index contributed by atoms with van der Waals surface area (Å²) in [6.45, 7) is 6.03. The number of rotatable bonds is 6. The maximum absolute atomic E-state index is 5.52. The van der Waals surface area contributed by atoms with Gasteiger partial charge in [0.1, 0.15) is 0 Å². The van der Waals surface area contributed by atoms with Gasteiger partial charge in [0.25, 0.3) is 0 Å². The van der Waals surface area contributed by atoms with Crippen LogP contribution in [0.3, 0.4) is 0 Å². The van der Waals surface area contributed by atoms with Crippen molar-refractivity contribution in [3.8, 4) is 0 Å². The van der Waals surface area contributed by atoms with Gasteiger partial charge in [-0.25, -0.2) is 0 Å². The molecule has 0 aliphatic rings. The number of hydrogen-bond donors (Lipinski definition) is 0. The third-order valence-corrected chi connectivity index (χ3v) is 1.88. The number of hydrogen-bond acceptors (Lipinski definition) is 0. The highest BCUT2D eigenvalue weighted by Crippen LogP contribution is 2.10. The van der Waals surface area contributed by atoms with Gasteiger partial charge in [-0.15, -0.1) is 11.6 Å². The van der Waals surface area contributed by atoms with E-state index in [2.05, 4.69) is 20.3 Å². The molecule has 0 aliphatic heterocycles. The van der Waals surface area contributed by atoms with Crippen LogP contribution in [0.2, 0.25) is 0 Å². The van der Waals surface area contributed by atoms with Crippen molar-refractivity contribution in [1.29, 1.82) is 0 Å². The molecule has 0 aromatic heterocycles. The summed E-state index contributed by atoms with van der Waals surface area (Å²) < 4.78 is 0. The lowest BCUT2D eigenvalue weighted by molar-refractivity contribution is 0.623. The molecular formula is C9H17Cl. The normalized spacial score (nSPS) is 13.5. The first kappa shape index (κ1) is 10.3. The summed E-state index contributed by atoms with van der Waals surface area (Å²) in [7, 11) is 0. The number of alkyl halides is 1. The molecule has 0 nitrogen and oxygen atoms in total. The van der Waals surface area contributed by atoms with Gasteiger partial charge < -0.3 is 0 Å². The van der Waals surface area contributed by atoms with E-state index in [1.165, 1.54) is 12.8 Å². The Hall–Kier alpha value is 0.290. The van der Waals surface area contributed by atoms with Crippen LogP contribution in [0.25, 0.3) is 0 Å². The van der Waals surface area contributed by atoms with E-state index in [1.54, 1.807) is 0 Å². The molecule has 10 heavy (non-hydrogen) atoms. The van der Waals surface area contributed by atoms with E-state index in [4.69, 9.17) is 11.6 Å². The molecule has 0 spiro atoms. The van der Waals surface area contributed by atoms with E-state index in [0.717, 1.165) is 18.7 Å². The monoisotopic (exact) mass is 160 g/mol. The summed E-state index contributed by atoms with van der Waals surface area (Å²) in [5, 5.41) is 0. The van der Waals surface area contributed by atoms with Crippen molar-refractivity contribution in [1.82, 2.24) is 0 Å². The summed E-state index contributed by atoms with van der Waals surface area (Å²) in [5.41, 5.74) is 0. The Morgan fingerprint density at radius 2 is 2.20 bits per heavy atom. The first-order valence-electron chi connectivity index (χ1n) is 3.99. The Morgan fingerprint density at radius 1 is 1.50 bits per heavy atom. The zero-order valence-corrected chi connectivity index (χ0v) is 7.53. The molecule has 1 heteroatoms. The predicted octanol–water partition coefficient (Wildman–Crippen LogP) is 3.46. The molecule has 0 heterocycles. The van der Waals surface area contributed by atoms with Gasteiger partial charge >= 0.3 is 0 Å². The van der Waals surface area contributed by atoms with Gasteiger partial charge in [-0.2, -0.15) is 0 Å². The molecule has 60 valence electrons. The van der Waals surface area contributed by atoms with Crippen LogP contribution in [0, 0.1) is 19.3 Å². The van der Waals surface area contributed by atoms with E-state index in [9.17, 15) is 0 Å². The lowest BCUT2D eigenvalue weighted by atomic mass is 10.0. The Bertz CT molecular complexity index is 61.7. The standard InChI is InChI=1S/C9H17Cl/c1-3-9(2)7-5-4-6-8-10/h7,9H,1,3-6,8H2,2H3. The largest absolute Gasteiger partial charge is 0.127 e. The van der Waals surface area contributed by atoms with Gasteiger partial charge in [-0.05, 0) is 25.2 Å². The minimum absolute atomic E-state index is 0.676. The lowest BCUT2D eigenvalue weighted by Gasteiger charge is -2.05. The fourth-order valence-corrected chi connectivity index (χ4v) is 0.948. The quantitative estimate of drug-likeness (QED) is 0.413. The average Bonchev–Trinajstić information content (AvgIpc) is 1.98. The van der Waals surface area contributed by atoms with Crippen molar-refractivity contribution in [3.05, 3.63) is 13.3 Å². The molecule has 0 aromatic carbocycles. The first-order chi connectivity index (χ1) is 4.81. The lowest BCUT2D eigenvalue weighted by Crippen LogP contribution is -1.92. The summed E-state index contributed by atoms with van der Waals surface area (Å²) in [6, 6.07) is 0. The Morgan fingerprint density at radius 3 is 2.70 bits per heavy atom. The summed E-state index contributed by atoms with van der Waals surface area (Å²) in [4.78, 5) is 0. The second kappa shape index (κ2) is 7.40. The molecular weight excluding hydrogens is 144 g/mol. The first-order valence-corrected chi connectivity index (χ1v) is 4.53. The van der Waals surface area contributed by atoms with Crippen LogP contribution in [0.1, 0.15) is 32.6 Å². The average molecular weight is 161 g/mol. The fraction of sp³-hybridized carbons (Fsp3) is 0.778. The molecule has 0 bridgehead atoms. The Labute approximate surface area is 70.0 Å². The van der Waals surface area contributed by atoms with Crippen LogP contribution in [0.15, 0.2) is 0 Å². The second-order valence-electron chi connectivity index (χ2n) is 2.69. The van der Waals surface area contributed by atoms with Crippen LogP contribution < -0.4 is 0 Å². The highest BCUT2D eigenvalue weighted by molar-refractivity contribution is 6.17. The van der Waals surface area contributed by atoms with Gasteiger partial charge in [-0.1, -0.05) is 26.7 Å². The summed E-state index contributed by atoms with van der Waals surface area (Å²) in [6.07, 6.45) is 6.92. The molecule has 0 aliphatic carbocycles. The topological polar surface area (TPSA) is 0 Å². The smallest absolute Gasteiger partial charge is 0.0223 e. The van der Waals surface area contributed by atoms with Crippen molar-refractivity contribution < 1.29 is 0 Å². The molecule has 2 radical (unpaired) electrons. The van der Waals surface area contributed by atoms with Crippen molar-refractivity contribution in [2.75, 3.05) is 5.88 Å². The summed E-state index contributed by atoms with van der Waals surface area (Å²) in [5.74, 6) is 1.47. The minimum Gasteiger partial charge on any atom is -0.127 e. The maximum Gasteiger partial charge on any atom is 0.0223 e. The molecule has 1 atom stereocenters. The summed E-state index contributed by atoms with van der Waals surface area (Å²) >= 11 is 5.52. The van der Waals surface area contributed by atoms with Crippen molar-refractivity contribution in [3.63, 3.8) is 0 Å². The van der Waals surface area contributed by atoms with Crippen LogP contribution in [0.5, 0.6) is 0 Å². The van der Waals surface area contributed by atoms with E-state index in [1.807, 2.05) is 0 Å². The van der Waals surface area contributed by atoms with E-state index >= 15 is 0 Å². The fourth-order valence-electron chi connectivity index (χ4n) is 0.759. The van der Waals surface area contributed by atoms with Crippen LogP contribution in [-0.4, -0.2) is 5.88 Å². The molecule has 0 amide bonds. The predicted molar refractivity (Wildman–Crippen MR) is 48.0 cm³/mol. The SMILES string of the molecule is [CH2]CC(C)[CH]CCCCCl.